The van der Waals surface area contributed by atoms with E-state index in [4.69, 9.17) is 0 Å². The molecule has 0 spiro atoms. The van der Waals surface area contributed by atoms with Crippen LogP contribution in [0.25, 0.3) is 11.4 Å². The third-order valence-electron chi connectivity index (χ3n) is 1.88. The number of carbonyl (C=O) groups excluding carboxylic acids is 1. The van der Waals surface area contributed by atoms with Crippen LogP contribution in [0.15, 0.2) is 24.3 Å². The van der Waals surface area contributed by atoms with Crippen molar-refractivity contribution in [3.63, 3.8) is 0 Å². The fourth-order valence-electron chi connectivity index (χ4n) is 1.17. The van der Waals surface area contributed by atoms with Gasteiger partial charge in [-0.1, -0.05) is 24.3 Å². The van der Waals surface area contributed by atoms with Crippen LogP contribution in [0.3, 0.4) is 0 Å². The Kier molecular flexibility index (Phi) is 2.10. The normalized spacial score (nSPS) is 10.1. The van der Waals surface area contributed by atoms with Gasteiger partial charge >= 0.3 is 0 Å². The average molecular weight is 186 g/mol. The van der Waals surface area contributed by atoms with E-state index in [9.17, 15) is 4.79 Å². The molecular weight excluding hydrogens is 178 g/mol. The number of aromatic nitrogens is 3. The van der Waals surface area contributed by atoms with E-state index in [0.29, 0.717) is 11.4 Å². The van der Waals surface area contributed by atoms with Crippen LogP contribution in [0.5, 0.6) is 0 Å². The van der Waals surface area contributed by atoms with Gasteiger partial charge in [0.25, 0.3) is 0 Å². The summed E-state index contributed by atoms with van der Waals surface area (Å²) >= 11 is 0. The van der Waals surface area contributed by atoms with E-state index in [1.54, 1.807) is 24.3 Å². The van der Waals surface area contributed by atoms with Gasteiger partial charge in [0.1, 0.15) is 5.82 Å². The van der Waals surface area contributed by atoms with E-state index in [1.165, 1.54) is 0 Å². The van der Waals surface area contributed by atoms with Crippen LogP contribution in [-0.2, 0) is 4.79 Å². The topological polar surface area (TPSA) is 58.6 Å². The molecule has 0 atom stereocenters. The second kappa shape index (κ2) is 3.41. The van der Waals surface area contributed by atoms with Crippen LogP contribution in [0, 0.1) is 6.92 Å². The molecule has 2 aromatic rings. The molecule has 0 saturated heterocycles. The minimum atomic E-state index is 0.532. The third-order valence-corrected chi connectivity index (χ3v) is 1.88. The number of H-pyrrole nitrogens is 1. The summed E-state index contributed by atoms with van der Waals surface area (Å²) in [6.07, 6.45) is 1.81. The molecule has 0 bridgehead atoms. The molecule has 1 N–H and O–H groups in total. The summed E-state index contributed by atoms with van der Waals surface area (Å²) in [6.45, 7) is 1.84. The van der Waals surface area contributed by atoms with E-state index in [1.807, 2.05) is 13.2 Å². The predicted molar refractivity (Wildman–Crippen MR) is 51.4 cm³/mol. The van der Waals surface area contributed by atoms with Crippen molar-refractivity contribution in [2.24, 2.45) is 0 Å². The van der Waals surface area contributed by atoms with Crippen molar-refractivity contribution in [2.75, 3.05) is 0 Å². The molecule has 0 amide bonds. The van der Waals surface area contributed by atoms with Crippen molar-refractivity contribution in [3.05, 3.63) is 35.7 Å². The highest BCUT2D eigenvalue weighted by atomic mass is 16.1. The maximum atomic E-state index is 10.3. The Bertz CT molecular complexity index is 445. The third kappa shape index (κ3) is 1.54. The summed E-state index contributed by atoms with van der Waals surface area (Å²) in [4.78, 5) is 13.3. The van der Waals surface area contributed by atoms with Crippen LogP contribution in [0.1, 0.15) is 11.4 Å². The quantitative estimate of drug-likeness (QED) is 0.767. The maximum Gasteiger partial charge on any atom is 0.233 e. The van der Waals surface area contributed by atoms with Gasteiger partial charge in [-0.15, -0.1) is 10.2 Å². The second-order valence-electron chi connectivity index (χ2n) is 2.94. The molecule has 0 aliphatic carbocycles. The first-order valence-corrected chi connectivity index (χ1v) is 4.17. The van der Waals surface area contributed by atoms with Gasteiger partial charge in [-0.25, -0.2) is 0 Å². The van der Waals surface area contributed by atoms with Crippen LogP contribution >= 0.6 is 0 Å². The maximum absolute atomic E-state index is 10.3. The van der Waals surface area contributed by atoms with E-state index < -0.39 is 0 Å². The smallest absolute Gasteiger partial charge is 0.233 e. The summed E-state index contributed by atoms with van der Waals surface area (Å²) in [7, 11) is 0. The fourth-order valence-corrected chi connectivity index (χ4v) is 1.17. The van der Waals surface area contributed by atoms with Crippen LogP contribution in [-0.4, -0.2) is 21.5 Å². The number of benzene rings is 1. The van der Waals surface area contributed by atoms with Crippen molar-refractivity contribution in [2.45, 2.75) is 6.92 Å². The van der Waals surface area contributed by atoms with E-state index in [-0.39, 0.29) is 0 Å². The Labute approximate surface area is 81.0 Å². The van der Waals surface area contributed by atoms with Gasteiger partial charge in [-0.05, 0) is 6.92 Å². The number of rotatable bonds is 2. The Morgan fingerprint density at radius 3 is 2.43 bits per heavy atom. The van der Waals surface area contributed by atoms with Gasteiger partial charge in [-0.2, -0.15) is 0 Å². The molecule has 0 fully saturated rings. The zero-order valence-electron chi connectivity index (χ0n) is 7.61. The van der Waals surface area contributed by atoms with Crippen LogP contribution in [0.2, 0.25) is 0 Å². The highest BCUT2D eigenvalue weighted by Gasteiger charge is 2.02. The molecule has 0 aliphatic heterocycles. The standard InChI is InChI=1S/C10H8N3O/c1-7-11-10(13-12-7)9-4-2-8(6-14)3-5-9/h2-5H,1H3,(H,11,12,13). The summed E-state index contributed by atoms with van der Waals surface area (Å²) in [6, 6.07) is 7.00. The number of nitrogens with one attached hydrogen (secondary N) is 1. The molecule has 14 heavy (non-hydrogen) atoms. The highest BCUT2D eigenvalue weighted by molar-refractivity contribution is 5.76. The van der Waals surface area contributed by atoms with Crippen molar-refractivity contribution >= 4 is 6.29 Å². The summed E-state index contributed by atoms with van der Waals surface area (Å²) in [5.74, 6) is 1.48. The molecule has 1 aromatic heterocycles. The second-order valence-corrected chi connectivity index (χ2v) is 2.94. The number of aromatic amines is 1. The minimum Gasteiger partial charge on any atom is -0.325 e. The molecule has 0 saturated carbocycles. The average Bonchev–Trinajstić information content (AvgIpc) is 2.65. The molecule has 1 heterocycles. The lowest BCUT2D eigenvalue weighted by atomic mass is 10.1. The molecule has 1 aromatic carbocycles. The van der Waals surface area contributed by atoms with Crippen molar-refractivity contribution in [1.82, 2.24) is 15.2 Å². The van der Waals surface area contributed by atoms with E-state index >= 15 is 0 Å². The van der Waals surface area contributed by atoms with Gasteiger partial charge in [0.15, 0.2) is 5.82 Å². The number of aryl methyl sites for hydroxylation is 1. The summed E-state index contributed by atoms with van der Waals surface area (Å²) in [5.41, 5.74) is 1.44. The molecule has 0 unspecified atom stereocenters. The largest absolute Gasteiger partial charge is 0.325 e. The molecule has 2 rings (SSSR count). The Morgan fingerprint density at radius 2 is 1.93 bits per heavy atom. The summed E-state index contributed by atoms with van der Waals surface area (Å²) in [5, 5.41) is 7.79. The van der Waals surface area contributed by atoms with E-state index in [0.717, 1.165) is 11.4 Å². The summed E-state index contributed by atoms with van der Waals surface area (Å²) < 4.78 is 0. The molecule has 69 valence electrons. The van der Waals surface area contributed by atoms with Crippen LogP contribution < -0.4 is 0 Å². The highest BCUT2D eigenvalue weighted by Crippen LogP contribution is 2.14. The van der Waals surface area contributed by atoms with Gasteiger partial charge < -0.3 is 4.98 Å². The zero-order chi connectivity index (χ0) is 9.97. The lowest BCUT2D eigenvalue weighted by Crippen LogP contribution is -1.83. The van der Waals surface area contributed by atoms with Gasteiger partial charge in [0.05, 0.1) is 0 Å². The van der Waals surface area contributed by atoms with Crippen molar-refractivity contribution in [3.8, 4) is 11.4 Å². The lowest BCUT2D eigenvalue weighted by Gasteiger charge is -1.94. The Morgan fingerprint density at radius 1 is 1.21 bits per heavy atom. The number of hydrogen-bond acceptors (Lipinski definition) is 3. The van der Waals surface area contributed by atoms with Crippen molar-refractivity contribution < 1.29 is 4.79 Å². The zero-order valence-corrected chi connectivity index (χ0v) is 7.61. The lowest BCUT2D eigenvalue weighted by molar-refractivity contribution is 0.563. The molecule has 4 nitrogen and oxygen atoms in total. The molecular formula is C10H8N3O. The van der Waals surface area contributed by atoms with Crippen molar-refractivity contribution in [1.29, 1.82) is 0 Å². The van der Waals surface area contributed by atoms with Gasteiger partial charge in [-0.3, -0.25) is 4.79 Å². The molecule has 0 aliphatic rings. The number of nitrogens with zero attached hydrogens (tertiary/aromatic N) is 2. The molecule has 4 heteroatoms. The van der Waals surface area contributed by atoms with Gasteiger partial charge in [0.2, 0.25) is 6.29 Å². The number of hydrogen-bond donors (Lipinski definition) is 1. The monoisotopic (exact) mass is 186 g/mol. The fraction of sp³-hybridized carbons (Fsp3) is 0.100. The first-order valence-electron chi connectivity index (χ1n) is 4.17. The predicted octanol–water partition coefficient (Wildman–Crippen LogP) is 1.24. The SMILES string of the molecule is Cc1nnc(-c2ccc([C]=O)cc2)[nH]1. The van der Waals surface area contributed by atoms with Crippen LogP contribution in [0.4, 0.5) is 0 Å². The first-order chi connectivity index (χ1) is 6.79. The van der Waals surface area contributed by atoms with E-state index in [2.05, 4.69) is 15.2 Å². The van der Waals surface area contributed by atoms with Gasteiger partial charge in [0, 0.05) is 11.1 Å². The Balaban J connectivity index is 2.38. The molecule has 1 radical (unpaired) electrons. The first kappa shape index (κ1) is 8.62. The minimum absolute atomic E-state index is 0.532. The Hall–Kier alpha value is -1.97.